The Balaban J connectivity index is 2.53. The molecule has 0 radical (unpaired) electrons. The van der Waals surface area contributed by atoms with Crippen molar-refractivity contribution in [2.75, 3.05) is 20.3 Å². The second-order valence-corrected chi connectivity index (χ2v) is 6.66. The van der Waals surface area contributed by atoms with Crippen LogP contribution in [0.25, 0.3) is 0 Å². The lowest BCUT2D eigenvalue weighted by Gasteiger charge is -2.19. The molecule has 1 atom stereocenters. The van der Waals surface area contributed by atoms with Gasteiger partial charge in [-0.25, -0.2) is 0 Å². The molecule has 5 nitrogen and oxygen atoms in total. The van der Waals surface area contributed by atoms with Crippen LogP contribution in [0.5, 0.6) is 0 Å². The van der Waals surface area contributed by atoms with Crippen LogP contribution in [0.4, 0.5) is 0 Å². The third kappa shape index (κ3) is 6.40. The monoisotopic (exact) mass is 320 g/mol. The van der Waals surface area contributed by atoms with Crippen LogP contribution in [0.2, 0.25) is 0 Å². The summed E-state index contributed by atoms with van der Waals surface area (Å²) < 4.78 is 4.92. The van der Waals surface area contributed by atoms with E-state index in [-0.39, 0.29) is 17.2 Å². The van der Waals surface area contributed by atoms with Gasteiger partial charge in [0.25, 0.3) is 5.91 Å². The lowest BCUT2D eigenvalue weighted by atomic mass is 9.86. The zero-order valence-electron chi connectivity index (χ0n) is 14.7. The molecule has 0 aliphatic rings. The predicted molar refractivity (Wildman–Crippen MR) is 91.6 cm³/mol. The van der Waals surface area contributed by atoms with Crippen molar-refractivity contribution in [1.29, 1.82) is 0 Å². The summed E-state index contributed by atoms with van der Waals surface area (Å²) in [5.41, 5.74) is 1.76. The van der Waals surface area contributed by atoms with E-state index in [0.29, 0.717) is 18.7 Å². The van der Waals surface area contributed by atoms with E-state index in [1.807, 2.05) is 12.1 Å². The fraction of sp³-hybridized carbons (Fsp3) is 0.556. The average molecular weight is 320 g/mol. The molecule has 0 fully saturated rings. The minimum atomic E-state index is -0.577. The highest BCUT2D eigenvalue weighted by molar-refractivity contribution is 5.97. The Hall–Kier alpha value is -1.88. The van der Waals surface area contributed by atoms with Crippen molar-refractivity contribution in [1.82, 2.24) is 10.6 Å². The van der Waals surface area contributed by atoms with Gasteiger partial charge in [-0.2, -0.15) is 0 Å². The highest BCUT2D eigenvalue weighted by Crippen LogP contribution is 2.22. The topological polar surface area (TPSA) is 67.4 Å². The standard InChI is InChI=1S/C18H28N2O3/c1-13(16(21)19-11-6-12-23-5)20-17(22)14-7-9-15(10-8-14)18(2,3)4/h7-10,13H,6,11-12H2,1-5H3,(H,19,21)(H,20,22)/t13-/m1/s1. The number of ether oxygens (including phenoxy) is 1. The molecule has 1 rings (SSSR count). The quantitative estimate of drug-likeness (QED) is 0.757. The van der Waals surface area contributed by atoms with Gasteiger partial charge >= 0.3 is 0 Å². The van der Waals surface area contributed by atoms with E-state index in [9.17, 15) is 9.59 Å². The molecule has 0 saturated carbocycles. The van der Waals surface area contributed by atoms with Crippen molar-refractivity contribution in [3.63, 3.8) is 0 Å². The summed E-state index contributed by atoms with van der Waals surface area (Å²) >= 11 is 0. The van der Waals surface area contributed by atoms with Gasteiger partial charge in [0, 0.05) is 25.8 Å². The molecular weight excluding hydrogens is 292 g/mol. The van der Waals surface area contributed by atoms with Crippen LogP contribution in [-0.4, -0.2) is 38.1 Å². The van der Waals surface area contributed by atoms with Crippen molar-refractivity contribution >= 4 is 11.8 Å². The van der Waals surface area contributed by atoms with Gasteiger partial charge in [0.05, 0.1) is 0 Å². The SMILES string of the molecule is COCCCNC(=O)[C@@H](C)NC(=O)c1ccc(C(C)(C)C)cc1. The first kappa shape index (κ1) is 19.2. The lowest BCUT2D eigenvalue weighted by molar-refractivity contribution is -0.122. The van der Waals surface area contributed by atoms with Gasteiger partial charge in [-0.05, 0) is 36.5 Å². The zero-order chi connectivity index (χ0) is 17.5. The first-order chi connectivity index (χ1) is 10.8. The van der Waals surface area contributed by atoms with Gasteiger partial charge < -0.3 is 15.4 Å². The van der Waals surface area contributed by atoms with E-state index in [1.165, 1.54) is 0 Å². The molecule has 128 valence electrons. The van der Waals surface area contributed by atoms with Crippen molar-refractivity contribution in [3.8, 4) is 0 Å². The highest BCUT2D eigenvalue weighted by atomic mass is 16.5. The Morgan fingerprint density at radius 2 is 1.78 bits per heavy atom. The third-order valence-corrected chi connectivity index (χ3v) is 3.58. The van der Waals surface area contributed by atoms with Crippen molar-refractivity contribution in [2.24, 2.45) is 0 Å². The molecule has 1 aromatic rings. The van der Waals surface area contributed by atoms with E-state index in [2.05, 4.69) is 31.4 Å². The third-order valence-electron chi connectivity index (χ3n) is 3.58. The first-order valence-corrected chi connectivity index (χ1v) is 7.93. The average Bonchev–Trinajstić information content (AvgIpc) is 2.50. The van der Waals surface area contributed by atoms with Gasteiger partial charge in [0.1, 0.15) is 6.04 Å². The van der Waals surface area contributed by atoms with Gasteiger partial charge in [0.2, 0.25) is 5.91 Å². The van der Waals surface area contributed by atoms with Crippen molar-refractivity contribution in [3.05, 3.63) is 35.4 Å². The van der Waals surface area contributed by atoms with Crippen LogP contribution in [0, 0.1) is 0 Å². The number of benzene rings is 1. The first-order valence-electron chi connectivity index (χ1n) is 7.93. The van der Waals surface area contributed by atoms with E-state index in [0.717, 1.165) is 12.0 Å². The number of nitrogens with one attached hydrogen (secondary N) is 2. The summed E-state index contributed by atoms with van der Waals surface area (Å²) in [5.74, 6) is -0.439. The van der Waals surface area contributed by atoms with E-state index < -0.39 is 6.04 Å². The molecule has 0 aliphatic carbocycles. The summed E-state index contributed by atoms with van der Waals surface area (Å²) in [5, 5.41) is 5.48. The van der Waals surface area contributed by atoms with Crippen LogP contribution in [-0.2, 0) is 14.9 Å². The summed E-state index contributed by atoms with van der Waals surface area (Å²) in [6.07, 6.45) is 0.747. The van der Waals surface area contributed by atoms with E-state index >= 15 is 0 Å². The normalized spacial score (nSPS) is 12.6. The highest BCUT2D eigenvalue weighted by Gasteiger charge is 2.17. The molecule has 0 heterocycles. The van der Waals surface area contributed by atoms with Gasteiger partial charge in [-0.3, -0.25) is 9.59 Å². The van der Waals surface area contributed by atoms with Crippen LogP contribution in [0.15, 0.2) is 24.3 Å². The lowest BCUT2D eigenvalue weighted by Crippen LogP contribution is -2.45. The Morgan fingerprint density at radius 3 is 2.30 bits per heavy atom. The molecule has 23 heavy (non-hydrogen) atoms. The molecule has 0 aromatic heterocycles. The number of carbonyl (C=O) groups excluding carboxylic acids is 2. The minimum Gasteiger partial charge on any atom is -0.385 e. The molecule has 2 N–H and O–H groups in total. The Bertz CT molecular complexity index is 518. The molecule has 1 aromatic carbocycles. The molecule has 0 saturated heterocycles. The van der Waals surface area contributed by atoms with Crippen LogP contribution in [0.3, 0.4) is 0 Å². The van der Waals surface area contributed by atoms with Gasteiger partial charge in [0.15, 0.2) is 0 Å². The van der Waals surface area contributed by atoms with Crippen molar-refractivity contribution in [2.45, 2.75) is 45.6 Å². The Labute approximate surface area is 138 Å². The fourth-order valence-corrected chi connectivity index (χ4v) is 2.05. The second kappa shape index (κ2) is 8.67. The number of amides is 2. The fourth-order valence-electron chi connectivity index (χ4n) is 2.05. The maximum atomic E-state index is 12.2. The van der Waals surface area contributed by atoms with Gasteiger partial charge in [-0.15, -0.1) is 0 Å². The predicted octanol–water partition coefficient (Wildman–Crippen LogP) is 2.26. The summed E-state index contributed by atoms with van der Waals surface area (Å²) in [4.78, 5) is 24.1. The zero-order valence-corrected chi connectivity index (χ0v) is 14.7. The maximum absolute atomic E-state index is 12.2. The summed E-state index contributed by atoms with van der Waals surface area (Å²) in [7, 11) is 1.62. The second-order valence-electron chi connectivity index (χ2n) is 6.66. The molecule has 0 bridgehead atoms. The van der Waals surface area contributed by atoms with Crippen LogP contribution in [0.1, 0.15) is 50.0 Å². The molecule has 5 heteroatoms. The number of rotatable bonds is 7. The van der Waals surface area contributed by atoms with Crippen molar-refractivity contribution < 1.29 is 14.3 Å². The molecule has 2 amide bonds. The van der Waals surface area contributed by atoms with Crippen LogP contribution < -0.4 is 10.6 Å². The number of hydrogen-bond acceptors (Lipinski definition) is 3. The van der Waals surface area contributed by atoms with E-state index in [4.69, 9.17) is 4.74 Å². The molecule has 0 spiro atoms. The van der Waals surface area contributed by atoms with Gasteiger partial charge in [-0.1, -0.05) is 32.9 Å². The maximum Gasteiger partial charge on any atom is 0.251 e. The largest absolute Gasteiger partial charge is 0.385 e. The Morgan fingerprint density at radius 1 is 1.17 bits per heavy atom. The number of hydrogen-bond donors (Lipinski definition) is 2. The number of carbonyl (C=O) groups is 2. The molecular formula is C18H28N2O3. The summed E-state index contributed by atoms with van der Waals surface area (Å²) in [6.45, 7) is 9.18. The molecule has 0 aliphatic heterocycles. The van der Waals surface area contributed by atoms with Crippen LogP contribution >= 0.6 is 0 Å². The Kier molecular flexibility index (Phi) is 7.23. The minimum absolute atomic E-state index is 0.0460. The smallest absolute Gasteiger partial charge is 0.251 e. The summed E-state index contributed by atoms with van der Waals surface area (Å²) in [6, 6.07) is 6.90. The number of methoxy groups -OCH3 is 1. The molecule has 0 unspecified atom stereocenters. The van der Waals surface area contributed by atoms with E-state index in [1.54, 1.807) is 26.2 Å².